The molecule has 1 amide bonds. The first kappa shape index (κ1) is 16.2. The fraction of sp³-hybridized carbons (Fsp3) is 0.444. The van der Waals surface area contributed by atoms with Crippen molar-refractivity contribution in [3.63, 3.8) is 0 Å². The lowest BCUT2D eigenvalue weighted by Crippen LogP contribution is -2.62. The minimum atomic E-state index is 0.0152. The van der Waals surface area contributed by atoms with Gasteiger partial charge in [0.25, 0.3) is 5.91 Å². The van der Waals surface area contributed by atoms with Crippen LogP contribution in [0, 0.1) is 5.92 Å². The Hall–Kier alpha value is -1.24. The standard InChI is InChI=1S/C18H20BrN3OS/c1-11-16(12-6-8-22(11)9-7-12)21-17(23)15-10-20-18(24-15)13-2-4-14(19)5-3-13/h2-5,10-12,16H,6-9H2,1H3,(H,21,23)/t11-,16-/m0/s1. The van der Waals surface area contributed by atoms with Crippen LogP contribution in [0.3, 0.4) is 0 Å². The molecule has 1 aromatic heterocycles. The van der Waals surface area contributed by atoms with E-state index in [9.17, 15) is 4.79 Å². The van der Waals surface area contributed by atoms with Gasteiger partial charge in [0, 0.05) is 22.1 Å². The summed E-state index contributed by atoms with van der Waals surface area (Å²) in [5.41, 5.74) is 1.04. The second-order valence-electron chi connectivity index (χ2n) is 6.65. The highest BCUT2D eigenvalue weighted by Crippen LogP contribution is 2.33. The van der Waals surface area contributed by atoms with Crippen molar-refractivity contribution in [2.45, 2.75) is 31.8 Å². The van der Waals surface area contributed by atoms with Gasteiger partial charge >= 0.3 is 0 Å². The zero-order chi connectivity index (χ0) is 16.7. The van der Waals surface area contributed by atoms with Crippen LogP contribution in [-0.4, -0.2) is 41.0 Å². The van der Waals surface area contributed by atoms with E-state index in [0.717, 1.165) is 15.0 Å². The molecule has 24 heavy (non-hydrogen) atoms. The number of nitrogens with one attached hydrogen (secondary N) is 1. The molecule has 2 bridgehead atoms. The van der Waals surface area contributed by atoms with Crippen molar-refractivity contribution in [3.8, 4) is 10.6 Å². The van der Waals surface area contributed by atoms with E-state index in [1.807, 2.05) is 24.3 Å². The Balaban J connectivity index is 1.48. The molecule has 2 atom stereocenters. The number of hydrogen-bond acceptors (Lipinski definition) is 4. The first-order chi connectivity index (χ1) is 11.6. The van der Waals surface area contributed by atoms with E-state index in [1.54, 1.807) is 6.20 Å². The molecule has 5 rings (SSSR count). The summed E-state index contributed by atoms with van der Waals surface area (Å²) in [7, 11) is 0. The van der Waals surface area contributed by atoms with Crippen molar-refractivity contribution in [3.05, 3.63) is 39.8 Å². The lowest BCUT2D eigenvalue weighted by Gasteiger charge is -2.49. The third-order valence-corrected chi connectivity index (χ3v) is 6.87. The number of fused-ring (bicyclic) bond motifs is 3. The summed E-state index contributed by atoms with van der Waals surface area (Å²) in [4.78, 5) is 20.3. The zero-order valence-electron chi connectivity index (χ0n) is 13.5. The van der Waals surface area contributed by atoms with Crippen molar-refractivity contribution in [1.29, 1.82) is 0 Å². The molecule has 3 fully saturated rings. The van der Waals surface area contributed by atoms with Crippen LogP contribution in [0.4, 0.5) is 0 Å². The lowest BCUT2D eigenvalue weighted by atomic mass is 9.79. The number of hydrogen-bond donors (Lipinski definition) is 1. The molecule has 1 N–H and O–H groups in total. The van der Waals surface area contributed by atoms with Crippen LogP contribution < -0.4 is 5.32 Å². The second-order valence-corrected chi connectivity index (χ2v) is 8.60. The SMILES string of the molecule is C[C@H]1[C@H](NC(=O)c2cnc(-c3ccc(Br)cc3)s2)C2CCN1CC2. The zero-order valence-corrected chi connectivity index (χ0v) is 15.9. The largest absolute Gasteiger partial charge is 0.347 e. The number of carbonyl (C=O) groups is 1. The molecule has 6 heteroatoms. The van der Waals surface area contributed by atoms with E-state index in [-0.39, 0.29) is 11.9 Å². The highest BCUT2D eigenvalue weighted by molar-refractivity contribution is 9.10. The maximum atomic E-state index is 12.7. The quantitative estimate of drug-likeness (QED) is 0.844. The van der Waals surface area contributed by atoms with Crippen LogP contribution in [0.15, 0.2) is 34.9 Å². The van der Waals surface area contributed by atoms with Crippen LogP contribution in [0.5, 0.6) is 0 Å². The predicted octanol–water partition coefficient (Wildman–Crippen LogP) is 3.79. The molecule has 0 radical (unpaired) electrons. The molecule has 0 spiro atoms. The first-order valence-electron chi connectivity index (χ1n) is 8.38. The van der Waals surface area contributed by atoms with Gasteiger partial charge in [-0.3, -0.25) is 9.69 Å². The van der Waals surface area contributed by atoms with E-state index < -0.39 is 0 Å². The van der Waals surface area contributed by atoms with Gasteiger partial charge in [0.2, 0.25) is 0 Å². The van der Waals surface area contributed by atoms with Crippen LogP contribution in [0.2, 0.25) is 0 Å². The van der Waals surface area contributed by atoms with Crippen LogP contribution in [-0.2, 0) is 0 Å². The normalized spacial score (nSPS) is 28.8. The van der Waals surface area contributed by atoms with Crippen molar-refractivity contribution in [2.24, 2.45) is 5.92 Å². The number of nitrogens with zero attached hydrogens (tertiary/aromatic N) is 2. The van der Waals surface area contributed by atoms with Crippen molar-refractivity contribution in [2.75, 3.05) is 13.1 Å². The Morgan fingerprint density at radius 1 is 1.29 bits per heavy atom. The summed E-state index contributed by atoms with van der Waals surface area (Å²) in [6, 6.07) is 8.70. The number of amides is 1. The van der Waals surface area contributed by atoms with Crippen LogP contribution in [0.25, 0.3) is 10.6 Å². The Morgan fingerprint density at radius 2 is 2.00 bits per heavy atom. The van der Waals surface area contributed by atoms with E-state index in [4.69, 9.17) is 0 Å². The number of aromatic nitrogens is 1. The number of piperidine rings is 3. The van der Waals surface area contributed by atoms with Crippen LogP contribution in [0.1, 0.15) is 29.4 Å². The van der Waals surface area contributed by atoms with Gasteiger partial charge in [-0.25, -0.2) is 4.98 Å². The summed E-state index contributed by atoms with van der Waals surface area (Å²) >= 11 is 4.90. The third kappa shape index (κ3) is 3.03. The topological polar surface area (TPSA) is 45.2 Å². The molecule has 126 valence electrons. The highest BCUT2D eigenvalue weighted by atomic mass is 79.9. The van der Waals surface area contributed by atoms with Crippen molar-refractivity contribution >= 4 is 33.2 Å². The van der Waals surface area contributed by atoms with Crippen molar-refractivity contribution < 1.29 is 4.79 Å². The fourth-order valence-corrected chi connectivity index (χ4v) is 4.96. The molecule has 2 aromatic rings. The van der Waals surface area contributed by atoms with Crippen LogP contribution >= 0.6 is 27.3 Å². The molecule has 1 aromatic carbocycles. The van der Waals surface area contributed by atoms with Gasteiger partial charge in [0.05, 0.1) is 6.20 Å². The lowest BCUT2D eigenvalue weighted by molar-refractivity contribution is 0.0218. The molecule has 3 saturated heterocycles. The summed E-state index contributed by atoms with van der Waals surface area (Å²) in [6.07, 6.45) is 4.09. The monoisotopic (exact) mass is 405 g/mol. The van der Waals surface area contributed by atoms with E-state index >= 15 is 0 Å². The molecule has 4 heterocycles. The Bertz CT molecular complexity index is 735. The maximum Gasteiger partial charge on any atom is 0.263 e. The van der Waals surface area contributed by atoms with E-state index in [1.165, 1.54) is 37.3 Å². The number of benzene rings is 1. The predicted molar refractivity (Wildman–Crippen MR) is 100 cm³/mol. The maximum absolute atomic E-state index is 12.7. The summed E-state index contributed by atoms with van der Waals surface area (Å²) in [6.45, 7) is 4.58. The molecule has 3 aliphatic rings. The van der Waals surface area contributed by atoms with Gasteiger partial charge in [0.1, 0.15) is 9.88 Å². The van der Waals surface area contributed by atoms with E-state index in [0.29, 0.717) is 16.8 Å². The van der Waals surface area contributed by atoms with Gasteiger partial charge in [-0.15, -0.1) is 11.3 Å². The molecule has 0 saturated carbocycles. The van der Waals surface area contributed by atoms with Crippen molar-refractivity contribution in [1.82, 2.24) is 15.2 Å². The Morgan fingerprint density at radius 3 is 2.67 bits per heavy atom. The number of halogens is 1. The fourth-order valence-electron chi connectivity index (χ4n) is 3.87. The minimum Gasteiger partial charge on any atom is -0.347 e. The van der Waals surface area contributed by atoms with Gasteiger partial charge in [-0.1, -0.05) is 28.1 Å². The van der Waals surface area contributed by atoms with Gasteiger partial charge < -0.3 is 5.32 Å². The Kier molecular flexibility index (Phi) is 4.45. The molecule has 0 aliphatic carbocycles. The number of rotatable bonds is 3. The Labute approximate surface area is 154 Å². The minimum absolute atomic E-state index is 0.0152. The van der Waals surface area contributed by atoms with Gasteiger partial charge in [0.15, 0.2) is 0 Å². The molecule has 0 unspecified atom stereocenters. The summed E-state index contributed by atoms with van der Waals surface area (Å²) in [5.74, 6) is 0.634. The highest BCUT2D eigenvalue weighted by Gasteiger charge is 2.40. The van der Waals surface area contributed by atoms with E-state index in [2.05, 4.69) is 38.1 Å². The smallest absolute Gasteiger partial charge is 0.263 e. The van der Waals surface area contributed by atoms with Gasteiger partial charge in [-0.05, 0) is 50.9 Å². The van der Waals surface area contributed by atoms with Gasteiger partial charge in [-0.2, -0.15) is 0 Å². The average Bonchev–Trinajstić information content (AvgIpc) is 3.09. The summed E-state index contributed by atoms with van der Waals surface area (Å²) in [5, 5.41) is 4.16. The first-order valence-corrected chi connectivity index (χ1v) is 9.99. The summed E-state index contributed by atoms with van der Waals surface area (Å²) < 4.78 is 1.04. The molecule has 3 aliphatic heterocycles. The third-order valence-electron chi connectivity index (χ3n) is 5.30. The molecular formula is C18H20BrN3OS. The molecular weight excluding hydrogens is 386 g/mol. The average molecular weight is 406 g/mol. The number of carbonyl (C=O) groups excluding carboxylic acids is 1. The second kappa shape index (κ2) is 6.58. The molecule has 4 nitrogen and oxygen atoms in total. The number of thiazole rings is 1.